The summed E-state index contributed by atoms with van der Waals surface area (Å²) in [5, 5.41) is 23.6. The number of aromatic nitrogens is 2. The Morgan fingerprint density at radius 1 is 1.32 bits per heavy atom. The molecule has 40 heavy (non-hydrogen) atoms. The summed E-state index contributed by atoms with van der Waals surface area (Å²) in [7, 11) is 0. The molecular weight excluding hydrogens is 554 g/mol. The van der Waals surface area contributed by atoms with Crippen LogP contribution in [-0.2, 0) is 39.5 Å². The summed E-state index contributed by atoms with van der Waals surface area (Å²) in [6, 6.07) is 1.90. The number of aliphatic hydroxyl groups excluding tert-OH is 1. The predicted octanol–water partition coefficient (Wildman–Crippen LogP) is 3.92. The first-order valence-corrected chi connectivity index (χ1v) is 13.1. The van der Waals surface area contributed by atoms with Gasteiger partial charge in [0.25, 0.3) is 5.91 Å². The van der Waals surface area contributed by atoms with Crippen molar-refractivity contribution >= 4 is 35.0 Å². The largest absolute Gasteiger partial charge is 0.458 e. The summed E-state index contributed by atoms with van der Waals surface area (Å²) in [6.07, 6.45) is -7.91. The number of aliphatic hydroxyl groups is 2. The maximum atomic E-state index is 14.9. The van der Waals surface area contributed by atoms with Crippen LogP contribution in [-0.4, -0.2) is 43.9 Å². The lowest BCUT2D eigenvalue weighted by atomic mass is 9.81. The number of nitrogens with one attached hydrogen (secondary N) is 1. The zero-order chi connectivity index (χ0) is 28.9. The monoisotopic (exact) mass is 577 g/mol. The standard InChI is InChI=1S/C27H23F4N3O5S/c1-3-26(38)14-6-18-21-12(8-34(18)24(40)13(14)9-39-25(26)37)20-16(33-23(36)22(35)27(29,30)31)5-4-11-10(2)15(28)7-17(32-21)19(11)20/h6-7,16,22,35,38H,3-5,8-9H2,1-2H3,(H,33,36)/t16-,22+,26+/m1/s1. The minimum absolute atomic E-state index is 0.0177. The summed E-state index contributed by atoms with van der Waals surface area (Å²) in [6.45, 7) is 3.22. The molecule has 0 fully saturated rings. The van der Waals surface area contributed by atoms with Crippen molar-refractivity contribution in [3.05, 3.63) is 56.0 Å². The van der Waals surface area contributed by atoms with Gasteiger partial charge in [0, 0.05) is 28.1 Å². The molecule has 3 atom stereocenters. The average molecular weight is 578 g/mol. The van der Waals surface area contributed by atoms with Gasteiger partial charge < -0.3 is 24.8 Å². The molecule has 0 bridgehead atoms. The molecule has 0 spiro atoms. The van der Waals surface area contributed by atoms with Crippen molar-refractivity contribution in [1.29, 1.82) is 0 Å². The van der Waals surface area contributed by atoms with E-state index in [-0.39, 0.29) is 48.1 Å². The van der Waals surface area contributed by atoms with Crippen LogP contribution in [0.25, 0.3) is 22.3 Å². The van der Waals surface area contributed by atoms with Gasteiger partial charge >= 0.3 is 12.1 Å². The Balaban J connectivity index is 1.60. The van der Waals surface area contributed by atoms with Crippen molar-refractivity contribution in [1.82, 2.24) is 14.9 Å². The van der Waals surface area contributed by atoms with Crippen LogP contribution in [0.5, 0.6) is 0 Å². The van der Waals surface area contributed by atoms with Crippen LogP contribution in [0.1, 0.15) is 59.2 Å². The maximum absolute atomic E-state index is 14.9. The number of ether oxygens (including phenoxy) is 1. The van der Waals surface area contributed by atoms with E-state index < -0.39 is 41.6 Å². The molecule has 1 aliphatic carbocycles. The number of alkyl halides is 3. The zero-order valence-corrected chi connectivity index (χ0v) is 22.1. The molecule has 3 aromatic rings. The van der Waals surface area contributed by atoms with Crippen LogP contribution in [0, 0.1) is 17.4 Å². The number of aryl methyl sites for hydroxylation is 1. The minimum atomic E-state index is -5.15. The normalized spacial score (nSPS) is 21.9. The Labute approximate surface area is 229 Å². The fourth-order valence-corrected chi connectivity index (χ4v) is 6.43. The smallest absolute Gasteiger partial charge is 0.423 e. The Morgan fingerprint density at radius 2 is 2.05 bits per heavy atom. The second-order valence-corrected chi connectivity index (χ2v) is 10.7. The summed E-state index contributed by atoms with van der Waals surface area (Å²) in [4.78, 5) is 29.7. The van der Waals surface area contributed by atoms with Crippen molar-refractivity contribution in [2.45, 2.75) is 70.2 Å². The number of benzene rings is 1. The van der Waals surface area contributed by atoms with Crippen molar-refractivity contribution in [3.63, 3.8) is 0 Å². The van der Waals surface area contributed by atoms with E-state index in [9.17, 15) is 37.4 Å². The molecule has 0 radical (unpaired) electrons. The first-order valence-electron chi connectivity index (χ1n) is 12.6. The highest BCUT2D eigenvalue weighted by Crippen LogP contribution is 2.47. The van der Waals surface area contributed by atoms with E-state index in [0.717, 1.165) is 0 Å². The van der Waals surface area contributed by atoms with E-state index in [0.29, 0.717) is 44.6 Å². The van der Waals surface area contributed by atoms with Crippen molar-refractivity contribution in [3.8, 4) is 11.4 Å². The summed E-state index contributed by atoms with van der Waals surface area (Å²) >= 11 is 5.73. The lowest BCUT2D eigenvalue weighted by Gasteiger charge is -2.32. The van der Waals surface area contributed by atoms with E-state index in [1.165, 1.54) is 6.07 Å². The van der Waals surface area contributed by atoms with Gasteiger partial charge in [-0.1, -0.05) is 19.1 Å². The van der Waals surface area contributed by atoms with Crippen molar-refractivity contribution < 1.29 is 42.1 Å². The van der Waals surface area contributed by atoms with Gasteiger partial charge in [-0.3, -0.25) is 4.79 Å². The Bertz CT molecular complexity index is 1720. The van der Waals surface area contributed by atoms with E-state index in [4.69, 9.17) is 21.9 Å². The number of carbonyl (C=O) groups excluding carboxylic acids is 2. The second-order valence-electron chi connectivity index (χ2n) is 10.4. The maximum Gasteiger partial charge on any atom is 0.423 e. The van der Waals surface area contributed by atoms with E-state index in [1.54, 1.807) is 24.5 Å². The van der Waals surface area contributed by atoms with Gasteiger partial charge in [0.1, 0.15) is 17.1 Å². The third-order valence-corrected chi connectivity index (χ3v) is 8.72. The number of fused-ring (bicyclic) bond motifs is 5. The molecule has 4 heterocycles. The summed E-state index contributed by atoms with van der Waals surface area (Å²) in [5.41, 5.74) is 1.87. The number of halogens is 4. The van der Waals surface area contributed by atoms with Gasteiger partial charge in [0.05, 0.1) is 29.5 Å². The highest BCUT2D eigenvalue weighted by Gasteiger charge is 2.46. The number of rotatable bonds is 3. The molecule has 2 aromatic heterocycles. The molecule has 0 saturated carbocycles. The second kappa shape index (κ2) is 8.79. The van der Waals surface area contributed by atoms with Crippen molar-refractivity contribution in [2.75, 3.05) is 0 Å². The van der Waals surface area contributed by atoms with E-state index in [2.05, 4.69) is 5.32 Å². The predicted molar refractivity (Wildman–Crippen MR) is 135 cm³/mol. The van der Waals surface area contributed by atoms with Gasteiger partial charge in [-0.2, -0.15) is 13.2 Å². The Morgan fingerprint density at radius 3 is 2.73 bits per heavy atom. The third-order valence-electron chi connectivity index (χ3n) is 8.25. The van der Waals surface area contributed by atoms with Gasteiger partial charge in [0.2, 0.25) is 6.10 Å². The van der Waals surface area contributed by atoms with Crippen LogP contribution in [0.2, 0.25) is 0 Å². The molecule has 210 valence electrons. The van der Waals surface area contributed by atoms with Gasteiger partial charge in [-0.15, -0.1) is 0 Å². The quantitative estimate of drug-likeness (QED) is 0.192. The fourth-order valence-electron chi connectivity index (χ4n) is 6.10. The van der Waals surface area contributed by atoms with Crippen LogP contribution < -0.4 is 5.32 Å². The third kappa shape index (κ3) is 3.63. The lowest BCUT2D eigenvalue weighted by molar-refractivity contribution is -0.205. The summed E-state index contributed by atoms with van der Waals surface area (Å²) in [5.74, 6) is -2.90. The molecule has 8 nitrogen and oxygen atoms in total. The van der Waals surface area contributed by atoms with E-state index >= 15 is 0 Å². The Hall–Kier alpha value is -3.42. The number of amides is 1. The molecule has 3 N–H and O–H groups in total. The molecule has 2 aliphatic heterocycles. The number of hydrogen-bond donors (Lipinski definition) is 3. The van der Waals surface area contributed by atoms with Crippen molar-refractivity contribution in [2.24, 2.45) is 0 Å². The number of esters is 1. The minimum Gasteiger partial charge on any atom is -0.458 e. The summed E-state index contributed by atoms with van der Waals surface area (Å²) < 4.78 is 61.5. The topological polar surface area (TPSA) is 114 Å². The Kier molecular flexibility index (Phi) is 5.88. The van der Waals surface area contributed by atoms with Crippen LogP contribution in [0.15, 0.2) is 12.1 Å². The van der Waals surface area contributed by atoms with Crippen LogP contribution >= 0.6 is 12.2 Å². The van der Waals surface area contributed by atoms with E-state index in [1.807, 2.05) is 0 Å². The van der Waals surface area contributed by atoms with Crippen LogP contribution in [0.4, 0.5) is 17.6 Å². The van der Waals surface area contributed by atoms with Gasteiger partial charge in [-0.25, -0.2) is 14.2 Å². The number of carbonyl (C=O) groups is 2. The molecule has 1 aromatic carbocycles. The molecule has 3 aliphatic rings. The first-order chi connectivity index (χ1) is 18.8. The first kappa shape index (κ1) is 26.8. The molecule has 0 unspecified atom stereocenters. The van der Waals surface area contributed by atoms with Gasteiger partial charge in [0.15, 0.2) is 5.60 Å². The number of hydrogen-bond acceptors (Lipinski definition) is 7. The number of cyclic esters (lactones) is 1. The molecule has 0 saturated heterocycles. The molecule has 1 amide bonds. The van der Waals surface area contributed by atoms with Gasteiger partial charge in [-0.05, 0) is 48.9 Å². The SMILES string of the molecule is CC[C@@]1(O)C(=O)OCc2c1cc1n(c2=S)Cc2c-1nc1cc(F)c(C)c3c1c2[C@H](NC(=O)[C@H](O)C(F)(F)F)CC3. The molecule has 13 heteroatoms. The lowest BCUT2D eigenvalue weighted by Crippen LogP contribution is -2.45. The fraction of sp³-hybridized carbons (Fsp3) is 0.407. The highest BCUT2D eigenvalue weighted by molar-refractivity contribution is 7.71. The molecular formula is C27H23F4N3O5S. The zero-order valence-electron chi connectivity index (χ0n) is 21.3. The highest BCUT2D eigenvalue weighted by atomic mass is 32.1. The number of nitrogens with zero attached hydrogens (tertiary/aromatic N) is 2. The number of pyridine rings is 2. The average Bonchev–Trinajstić information content (AvgIpc) is 3.27. The van der Waals surface area contributed by atoms with Crippen LogP contribution in [0.3, 0.4) is 0 Å². The molecule has 6 rings (SSSR count).